The van der Waals surface area contributed by atoms with Crippen molar-refractivity contribution in [2.45, 2.75) is 18.4 Å². The average molecular weight is 436 g/mol. The Bertz CT molecular complexity index is 1100. The van der Waals surface area contributed by atoms with E-state index in [0.717, 1.165) is 27.8 Å². The van der Waals surface area contributed by atoms with Crippen molar-refractivity contribution in [3.8, 4) is 16.9 Å². The number of hydrogen-bond donors (Lipinski definition) is 1. The van der Waals surface area contributed by atoms with Gasteiger partial charge in [0.25, 0.3) is 0 Å². The van der Waals surface area contributed by atoms with Gasteiger partial charge in [-0.1, -0.05) is 66.2 Å². The van der Waals surface area contributed by atoms with Crippen LogP contribution in [0.25, 0.3) is 11.1 Å². The van der Waals surface area contributed by atoms with Crippen molar-refractivity contribution < 1.29 is 19.1 Å². The molecule has 0 aromatic heterocycles. The smallest absolute Gasteiger partial charge is 0.328 e. The van der Waals surface area contributed by atoms with E-state index in [1.807, 2.05) is 54.6 Å². The van der Waals surface area contributed by atoms with Gasteiger partial charge in [0.1, 0.15) is 11.8 Å². The van der Waals surface area contributed by atoms with Gasteiger partial charge in [0.15, 0.2) is 0 Å². The molecule has 158 valence electrons. The zero-order valence-electron chi connectivity index (χ0n) is 17.2. The number of halogens is 1. The van der Waals surface area contributed by atoms with E-state index in [-0.39, 0.29) is 12.3 Å². The number of carbonyl (C=O) groups excluding carboxylic acids is 2. The first-order chi connectivity index (χ1) is 15.0. The van der Waals surface area contributed by atoms with Crippen molar-refractivity contribution >= 4 is 23.5 Å². The summed E-state index contributed by atoms with van der Waals surface area (Å²) in [6.45, 7) is 0. The Balaban J connectivity index is 1.61. The van der Waals surface area contributed by atoms with E-state index in [1.54, 1.807) is 12.1 Å². The van der Waals surface area contributed by atoms with Crippen molar-refractivity contribution in [3.63, 3.8) is 0 Å². The molecule has 3 aromatic carbocycles. The number of esters is 1. The van der Waals surface area contributed by atoms with Gasteiger partial charge in [0, 0.05) is 6.42 Å². The van der Waals surface area contributed by atoms with Crippen molar-refractivity contribution in [1.29, 1.82) is 0 Å². The Kier molecular flexibility index (Phi) is 5.96. The van der Waals surface area contributed by atoms with E-state index in [0.29, 0.717) is 10.8 Å². The highest BCUT2D eigenvalue weighted by Gasteiger charge is 2.35. The summed E-state index contributed by atoms with van der Waals surface area (Å²) >= 11 is 6.22. The van der Waals surface area contributed by atoms with Crippen LogP contribution in [0.4, 0.5) is 0 Å². The molecule has 1 atom stereocenters. The van der Waals surface area contributed by atoms with E-state index in [2.05, 4.69) is 5.32 Å². The quantitative estimate of drug-likeness (QED) is 0.584. The van der Waals surface area contributed by atoms with Gasteiger partial charge < -0.3 is 14.8 Å². The molecule has 0 aliphatic heterocycles. The number of benzene rings is 3. The molecule has 5 nitrogen and oxygen atoms in total. The van der Waals surface area contributed by atoms with Crippen molar-refractivity contribution in [3.05, 3.63) is 88.4 Å². The molecule has 0 saturated carbocycles. The lowest BCUT2D eigenvalue weighted by molar-refractivity contribution is -0.145. The molecule has 0 fully saturated rings. The molecule has 0 heterocycles. The molecule has 0 radical (unpaired) electrons. The highest BCUT2D eigenvalue weighted by atomic mass is 35.5. The van der Waals surface area contributed by atoms with Gasteiger partial charge in [-0.2, -0.15) is 0 Å². The number of ether oxygens (including phenoxy) is 2. The van der Waals surface area contributed by atoms with Crippen molar-refractivity contribution in [1.82, 2.24) is 5.32 Å². The number of carbonyl (C=O) groups is 2. The normalized spacial score (nSPS) is 13.1. The van der Waals surface area contributed by atoms with Crippen LogP contribution < -0.4 is 10.1 Å². The molecule has 3 aromatic rings. The van der Waals surface area contributed by atoms with E-state index < -0.39 is 17.9 Å². The fourth-order valence-corrected chi connectivity index (χ4v) is 4.38. The summed E-state index contributed by atoms with van der Waals surface area (Å²) in [5.41, 5.74) is 4.72. The molecule has 6 heteroatoms. The monoisotopic (exact) mass is 435 g/mol. The molecular weight excluding hydrogens is 414 g/mol. The maximum atomic E-state index is 13.4. The molecule has 0 unspecified atom stereocenters. The molecule has 4 rings (SSSR count). The minimum absolute atomic E-state index is 0.243. The van der Waals surface area contributed by atoms with Crippen LogP contribution in [-0.2, 0) is 20.7 Å². The van der Waals surface area contributed by atoms with Crippen LogP contribution in [-0.4, -0.2) is 32.1 Å². The van der Waals surface area contributed by atoms with E-state index in [1.165, 1.54) is 14.2 Å². The molecule has 0 spiro atoms. The first-order valence-electron chi connectivity index (χ1n) is 9.92. The summed E-state index contributed by atoms with van der Waals surface area (Å²) in [4.78, 5) is 25.9. The summed E-state index contributed by atoms with van der Waals surface area (Å²) in [6.07, 6.45) is 0.248. The predicted octanol–water partition coefficient (Wildman–Crippen LogP) is 4.36. The molecule has 31 heavy (non-hydrogen) atoms. The molecular formula is C25H22ClNO4. The third kappa shape index (κ3) is 4.01. The second-order valence-electron chi connectivity index (χ2n) is 7.36. The minimum atomic E-state index is -0.845. The lowest BCUT2D eigenvalue weighted by atomic mass is 9.95. The van der Waals surface area contributed by atoms with Crippen LogP contribution in [0, 0.1) is 0 Å². The fourth-order valence-electron chi connectivity index (χ4n) is 4.10. The van der Waals surface area contributed by atoms with Crippen molar-refractivity contribution in [2.24, 2.45) is 0 Å². The zero-order valence-corrected chi connectivity index (χ0v) is 18.0. The summed E-state index contributed by atoms with van der Waals surface area (Å²) in [6, 6.07) is 20.1. The second-order valence-corrected chi connectivity index (χ2v) is 7.77. The van der Waals surface area contributed by atoms with E-state index >= 15 is 0 Å². The number of fused-ring (bicyclic) bond motifs is 3. The van der Waals surface area contributed by atoms with Crippen LogP contribution in [0.3, 0.4) is 0 Å². The first kappa shape index (κ1) is 20.9. The second kappa shape index (κ2) is 8.82. The third-order valence-electron chi connectivity index (χ3n) is 5.55. The molecule has 0 saturated heterocycles. The largest absolute Gasteiger partial charge is 0.495 e. The number of hydrogen-bond acceptors (Lipinski definition) is 4. The topological polar surface area (TPSA) is 64.6 Å². The first-order valence-corrected chi connectivity index (χ1v) is 10.3. The summed E-state index contributed by atoms with van der Waals surface area (Å²) < 4.78 is 10.1. The lowest BCUT2D eigenvalue weighted by Crippen LogP contribution is -2.45. The average Bonchev–Trinajstić information content (AvgIpc) is 3.13. The maximum absolute atomic E-state index is 13.4. The Hall–Kier alpha value is -3.31. The van der Waals surface area contributed by atoms with Crippen molar-refractivity contribution in [2.75, 3.05) is 14.2 Å². The molecule has 0 bridgehead atoms. The van der Waals surface area contributed by atoms with Crippen LogP contribution >= 0.6 is 11.6 Å². The van der Waals surface area contributed by atoms with Gasteiger partial charge in [-0.15, -0.1) is 0 Å². The van der Waals surface area contributed by atoms with Gasteiger partial charge in [0.05, 0.1) is 25.2 Å². The standard InChI is InChI=1S/C25H22ClNO4/c1-30-22-12-11-15(13-20(22)26)14-21(25(29)31-2)27-24(28)23-18-9-5-3-7-16(18)17-8-4-6-10-19(17)23/h3-13,21,23H,14H2,1-2H3,(H,27,28)/t21-/m0/s1. The van der Waals surface area contributed by atoms with Gasteiger partial charge in [-0.3, -0.25) is 4.79 Å². The van der Waals surface area contributed by atoms with Gasteiger partial charge in [-0.05, 0) is 39.9 Å². The number of methoxy groups -OCH3 is 2. The predicted molar refractivity (Wildman–Crippen MR) is 119 cm³/mol. The number of nitrogens with one attached hydrogen (secondary N) is 1. The molecule has 1 N–H and O–H groups in total. The Morgan fingerprint density at radius 3 is 2.13 bits per heavy atom. The number of amides is 1. The summed E-state index contributed by atoms with van der Waals surface area (Å²) in [7, 11) is 2.85. The van der Waals surface area contributed by atoms with Crippen LogP contribution in [0.15, 0.2) is 66.7 Å². The fraction of sp³-hybridized carbons (Fsp3) is 0.200. The van der Waals surface area contributed by atoms with Crippen LogP contribution in [0.2, 0.25) is 5.02 Å². The summed E-state index contributed by atoms with van der Waals surface area (Å²) in [5, 5.41) is 3.34. The highest BCUT2D eigenvalue weighted by molar-refractivity contribution is 6.32. The Labute approximate surface area is 185 Å². The van der Waals surface area contributed by atoms with Crippen LogP contribution in [0.1, 0.15) is 22.6 Å². The Morgan fingerprint density at radius 2 is 1.58 bits per heavy atom. The lowest BCUT2D eigenvalue weighted by Gasteiger charge is -2.20. The number of rotatable bonds is 6. The minimum Gasteiger partial charge on any atom is -0.495 e. The molecule has 1 aliphatic rings. The van der Waals surface area contributed by atoms with Gasteiger partial charge in [-0.25, -0.2) is 4.79 Å². The zero-order chi connectivity index (χ0) is 22.0. The Morgan fingerprint density at radius 1 is 0.968 bits per heavy atom. The third-order valence-corrected chi connectivity index (χ3v) is 5.85. The SMILES string of the molecule is COC(=O)[C@H](Cc1ccc(OC)c(Cl)c1)NC(=O)C1c2ccccc2-c2ccccc21. The molecule has 1 amide bonds. The van der Waals surface area contributed by atoms with Crippen LogP contribution in [0.5, 0.6) is 5.75 Å². The van der Waals surface area contributed by atoms with E-state index in [4.69, 9.17) is 21.1 Å². The highest BCUT2D eigenvalue weighted by Crippen LogP contribution is 2.44. The maximum Gasteiger partial charge on any atom is 0.328 e. The molecule has 1 aliphatic carbocycles. The van der Waals surface area contributed by atoms with Gasteiger partial charge in [0.2, 0.25) is 5.91 Å². The van der Waals surface area contributed by atoms with Gasteiger partial charge >= 0.3 is 5.97 Å². The summed E-state index contributed by atoms with van der Waals surface area (Å²) in [5.74, 6) is -0.700. The van der Waals surface area contributed by atoms with E-state index in [9.17, 15) is 9.59 Å².